The largest absolute Gasteiger partial charge is 0.339 e. The van der Waals surface area contributed by atoms with E-state index in [1.54, 1.807) is 6.08 Å². The minimum absolute atomic E-state index is 0.107. The smallest absolute Gasteiger partial charge is 0.246 e. The molecule has 1 amide bonds. The summed E-state index contributed by atoms with van der Waals surface area (Å²) in [5.74, 6) is 0.107. The molecule has 23 heavy (non-hydrogen) atoms. The van der Waals surface area contributed by atoms with Crippen LogP contribution in [-0.2, 0) is 4.79 Å². The van der Waals surface area contributed by atoms with Crippen molar-refractivity contribution in [3.8, 4) is 5.69 Å². The average Bonchev–Trinajstić information content (AvgIpc) is 2.88. The molecule has 0 spiro atoms. The molecule has 1 aromatic carbocycles. The molecule has 0 radical (unpaired) electrons. The fourth-order valence-corrected chi connectivity index (χ4v) is 3.09. The number of aryl methyl sites for hydroxylation is 1. The Morgan fingerprint density at radius 3 is 2.48 bits per heavy atom. The van der Waals surface area contributed by atoms with E-state index in [1.165, 1.54) is 6.42 Å². The van der Waals surface area contributed by atoms with Crippen LogP contribution in [0.4, 0.5) is 0 Å². The Balaban J connectivity index is 1.82. The lowest BCUT2D eigenvalue weighted by atomic mass is 10.1. The summed E-state index contributed by atoms with van der Waals surface area (Å²) in [4.78, 5) is 14.2. The Kier molecular flexibility index (Phi) is 4.60. The number of carbonyl (C=O) groups is 1. The van der Waals surface area contributed by atoms with E-state index in [9.17, 15) is 4.79 Å². The monoisotopic (exact) mass is 309 g/mol. The van der Waals surface area contributed by atoms with Crippen LogP contribution in [-0.4, -0.2) is 33.7 Å². The van der Waals surface area contributed by atoms with Crippen LogP contribution in [0.15, 0.2) is 36.4 Å². The highest BCUT2D eigenvalue weighted by Crippen LogP contribution is 2.19. The van der Waals surface area contributed by atoms with Crippen molar-refractivity contribution in [1.29, 1.82) is 0 Å². The van der Waals surface area contributed by atoms with Crippen molar-refractivity contribution in [3.63, 3.8) is 0 Å². The van der Waals surface area contributed by atoms with Gasteiger partial charge in [0.15, 0.2) is 0 Å². The molecule has 2 aromatic rings. The fraction of sp³-hybridized carbons (Fsp3) is 0.368. The summed E-state index contributed by atoms with van der Waals surface area (Å²) in [6, 6.07) is 10.1. The Hall–Kier alpha value is -2.36. The second kappa shape index (κ2) is 6.82. The summed E-state index contributed by atoms with van der Waals surface area (Å²) < 4.78 is 1.93. The molecule has 0 bridgehead atoms. The molecular weight excluding hydrogens is 286 g/mol. The van der Waals surface area contributed by atoms with E-state index in [-0.39, 0.29) is 5.91 Å². The average molecular weight is 309 g/mol. The van der Waals surface area contributed by atoms with E-state index in [0.717, 1.165) is 48.6 Å². The van der Waals surface area contributed by atoms with Crippen LogP contribution in [0, 0.1) is 13.8 Å². The van der Waals surface area contributed by atoms with Gasteiger partial charge in [0.25, 0.3) is 0 Å². The molecule has 0 saturated carbocycles. The first-order valence-electron chi connectivity index (χ1n) is 8.25. The van der Waals surface area contributed by atoms with E-state index in [2.05, 4.69) is 5.10 Å². The first-order chi connectivity index (χ1) is 11.2. The van der Waals surface area contributed by atoms with E-state index < -0.39 is 0 Å². The highest BCUT2D eigenvalue weighted by Gasteiger charge is 2.15. The number of para-hydroxylation sites is 1. The van der Waals surface area contributed by atoms with Crippen LogP contribution in [0.5, 0.6) is 0 Å². The summed E-state index contributed by atoms with van der Waals surface area (Å²) in [5.41, 5.74) is 4.06. The number of piperidine rings is 1. The van der Waals surface area contributed by atoms with Gasteiger partial charge in [-0.3, -0.25) is 4.79 Å². The van der Waals surface area contributed by atoms with E-state index >= 15 is 0 Å². The van der Waals surface area contributed by atoms with Crippen molar-refractivity contribution in [2.24, 2.45) is 0 Å². The van der Waals surface area contributed by atoms with Gasteiger partial charge in [-0.15, -0.1) is 0 Å². The maximum atomic E-state index is 12.3. The van der Waals surface area contributed by atoms with Gasteiger partial charge in [-0.05, 0) is 51.3 Å². The van der Waals surface area contributed by atoms with Crippen molar-refractivity contribution >= 4 is 12.0 Å². The van der Waals surface area contributed by atoms with Crippen molar-refractivity contribution < 1.29 is 4.79 Å². The maximum absolute atomic E-state index is 12.3. The van der Waals surface area contributed by atoms with E-state index in [1.807, 2.05) is 59.8 Å². The van der Waals surface area contributed by atoms with Crippen molar-refractivity contribution in [2.45, 2.75) is 33.1 Å². The number of likely N-dealkylation sites (tertiary alicyclic amines) is 1. The molecule has 1 fully saturated rings. The molecule has 1 saturated heterocycles. The molecule has 0 N–H and O–H groups in total. The Morgan fingerprint density at radius 2 is 1.78 bits per heavy atom. The number of rotatable bonds is 3. The summed E-state index contributed by atoms with van der Waals surface area (Å²) in [6.45, 7) is 5.78. The second-order valence-electron chi connectivity index (χ2n) is 6.05. The SMILES string of the molecule is Cc1nn(-c2ccccc2)c(C)c1/C=C/C(=O)N1CCCCC1. The molecule has 2 heterocycles. The number of aromatic nitrogens is 2. The predicted molar refractivity (Wildman–Crippen MR) is 92.5 cm³/mol. The molecular formula is C19H23N3O. The van der Waals surface area contributed by atoms with Crippen molar-refractivity contribution in [3.05, 3.63) is 53.4 Å². The molecule has 1 aliphatic rings. The molecule has 0 atom stereocenters. The van der Waals surface area contributed by atoms with Gasteiger partial charge in [0.2, 0.25) is 5.91 Å². The second-order valence-corrected chi connectivity index (χ2v) is 6.05. The van der Waals surface area contributed by atoms with Crippen LogP contribution in [0.2, 0.25) is 0 Å². The zero-order valence-electron chi connectivity index (χ0n) is 13.8. The number of amides is 1. The molecule has 4 heteroatoms. The van der Waals surface area contributed by atoms with Gasteiger partial charge in [-0.1, -0.05) is 18.2 Å². The van der Waals surface area contributed by atoms with Gasteiger partial charge in [0.1, 0.15) is 0 Å². The lowest BCUT2D eigenvalue weighted by Gasteiger charge is -2.25. The highest BCUT2D eigenvalue weighted by atomic mass is 16.2. The van der Waals surface area contributed by atoms with Gasteiger partial charge < -0.3 is 4.90 Å². The van der Waals surface area contributed by atoms with Crippen LogP contribution in [0.25, 0.3) is 11.8 Å². The zero-order chi connectivity index (χ0) is 16.2. The summed E-state index contributed by atoms with van der Waals surface area (Å²) >= 11 is 0. The van der Waals surface area contributed by atoms with Gasteiger partial charge in [-0.2, -0.15) is 5.10 Å². The third kappa shape index (κ3) is 3.36. The molecule has 1 aliphatic heterocycles. The summed E-state index contributed by atoms with van der Waals surface area (Å²) in [7, 11) is 0. The molecule has 4 nitrogen and oxygen atoms in total. The number of benzene rings is 1. The van der Waals surface area contributed by atoms with E-state index in [4.69, 9.17) is 0 Å². The molecule has 0 aliphatic carbocycles. The number of hydrogen-bond donors (Lipinski definition) is 0. The standard InChI is InChI=1S/C19H23N3O/c1-15-18(11-12-19(23)21-13-7-4-8-14-21)16(2)22(20-15)17-9-5-3-6-10-17/h3,5-6,9-12H,4,7-8,13-14H2,1-2H3/b12-11+. The molecule has 1 aromatic heterocycles. The Labute approximate surface area is 137 Å². The lowest BCUT2D eigenvalue weighted by Crippen LogP contribution is -2.34. The normalized spacial score (nSPS) is 15.3. The molecule has 0 unspecified atom stereocenters. The van der Waals surface area contributed by atoms with Crippen molar-refractivity contribution in [2.75, 3.05) is 13.1 Å². The number of nitrogens with zero attached hydrogens (tertiary/aromatic N) is 3. The highest BCUT2D eigenvalue weighted by molar-refractivity contribution is 5.92. The Bertz CT molecular complexity index is 710. The van der Waals surface area contributed by atoms with Crippen LogP contribution >= 0.6 is 0 Å². The van der Waals surface area contributed by atoms with Gasteiger partial charge in [0.05, 0.1) is 11.4 Å². The van der Waals surface area contributed by atoms with Crippen LogP contribution in [0.1, 0.15) is 36.2 Å². The minimum atomic E-state index is 0.107. The number of hydrogen-bond acceptors (Lipinski definition) is 2. The first-order valence-corrected chi connectivity index (χ1v) is 8.25. The first kappa shape index (κ1) is 15.5. The quantitative estimate of drug-likeness (QED) is 0.814. The van der Waals surface area contributed by atoms with Gasteiger partial charge in [0, 0.05) is 30.4 Å². The summed E-state index contributed by atoms with van der Waals surface area (Å²) in [6.07, 6.45) is 7.06. The lowest BCUT2D eigenvalue weighted by molar-refractivity contribution is -0.126. The fourth-order valence-electron chi connectivity index (χ4n) is 3.09. The van der Waals surface area contributed by atoms with Crippen molar-refractivity contribution in [1.82, 2.24) is 14.7 Å². The Morgan fingerprint density at radius 1 is 1.09 bits per heavy atom. The zero-order valence-corrected chi connectivity index (χ0v) is 13.8. The topological polar surface area (TPSA) is 38.1 Å². The van der Waals surface area contributed by atoms with Crippen LogP contribution < -0.4 is 0 Å². The maximum Gasteiger partial charge on any atom is 0.246 e. The summed E-state index contributed by atoms with van der Waals surface area (Å²) in [5, 5.41) is 4.61. The van der Waals surface area contributed by atoms with Gasteiger partial charge >= 0.3 is 0 Å². The van der Waals surface area contributed by atoms with Gasteiger partial charge in [-0.25, -0.2) is 4.68 Å². The number of carbonyl (C=O) groups excluding carboxylic acids is 1. The minimum Gasteiger partial charge on any atom is -0.339 e. The molecule has 120 valence electrons. The van der Waals surface area contributed by atoms with Crippen LogP contribution in [0.3, 0.4) is 0 Å². The third-order valence-electron chi connectivity index (χ3n) is 4.41. The predicted octanol–water partition coefficient (Wildman–Crippen LogP) is 3.51. The molecule has 3 rings (SSSR count). The third-order valence-corrected chi connectivity index (χ3v) is 4.41. The van der Waals surface area contributed by atoms with E-state index in [0.29, 0.717) is 0 Å².